The molecule has 1 aliphatic rings. The molecule has 0 fully saturated rings. The van der Waals surface area contributed by atoms with E-state index in [1.54, 1.807) is 6.08 Å². The first-order valence-corrected chi connectivity index (χ1v) is 10.0. The Hall–Kier alpha value is -3.08. The van der Waals surface area contributed by atoms with Gasteiger partial charge in [-0.2, -0.15) is 0 Å². The van der Waals surface area contributed by atoms with Crippen molar-refractivity contribution in [2.24, 2.45) is 0 Å². The summed E-state index contributed by atoms with van der Waals surface area (Å²) >= 11 is 0. The smallest absolute Gasteiger partial charge is 0.258 e. The van der Waals surface area contributed by atoms with Crippen LogP contribution >= 0.6 is 0 Å². The van der Waals surface area contributed by atoms with Crippen molar-refractivity contribution in [2.45, 2.75) is 32.7 Å². The summed E-state index contributed by atoms with van der Waals surface area (Å²) in [7, 11) is 0. The molecule has 0 saturated carbocycles. The van der Waals surface area contributed by atoms with E-state index in [-0.39, 0.29) is 24.5 Å². The number of carbonyl (C=O) groups is 2. The molecule has 29 heavy (non-hydrogen) atoms. The maximum absolute atomic E-state index is 12.7. The van der Waals surface area contributed by atoms with E-state index in [0.29, 0.717) is 25.3 Å². The largest absolute Gasteiger partial charge is 0.484 e. The van der Waals surface area contributed by atoms with E-state index in [4.69, 9.17) is 4.74 Å². The van der Waals surface area contributed by atoms with Gasteiger partial charge in [-0.15, -0.1) is 6.58 Å². The molecular weight excluding hydrogens is 364 g/mol. The highest BCUT2D eigenvalue weighted by Crippen LogP contribution is 2.37. The molecular formula is C24H28N2O3. The molecule has 1 N–H and O–H groups in total. The lowest BCUT2D eigenvalue weighted by Crippen LogP contribution is -2.40. The average molecular weight is 392 g/mol. The van der Waals surface area contributed by atoms with Crippen LogP contribution in [0.5, 0.6) is 5.75 Å². The van der Waals surface area contributed by atoms with Crippen molar-refractivity contribution in [1.82, 2.24) is 10.2 Å². The topological polar surface area (TPSA) is 58.6 Å². The van der Waals surface area contributed by atoms with Crippen LogP contribution in [-0.2, 0) is 16.0 Å². The second-order valence-corrected chi connectivity index (χ2v) is 7.25. The summed E-state index contributed by atoms with van der Waals surface area (Å²) in [5.41, 5.74) is 4.52. The number of nitrogens with one attached hydrogen (secondary N) is 1. The first-order chi connectivity index (χ1) is 14.0. The molecule has 5 nitrogen and oxygen atoms in total. The number of fused-ring (bicyclic) bond motifs is 1. The van der Waals surface area contributed by atoms with E-state index in [1.807, 2.05) is 36.1 Å². The van der Waals surface area contributed by atoms with E-state index in [0.717, 1.165) is 23.1 Å². The molecule has 0 spiro atoms. The van der Waals surface area contributed by atoms with Crippen LogP contribution in [0.1, 0.15) is 41.6 Å². The Kier molecular flexibility index (Phi) is 6.70. The van der Waals surface area contributed by atoms with Gasteiger partial charge in [0.05, 0.1) is 6.04 Å². The number of carbonyl (C=O) groups excluding carboxylic acids is 2. The van der Waals surface area contributed by atoms with Crippen molar-refractivity contribution in [3.8, 4) is 5.75 Å². The van der Waals surface area contributed by atoms with Crippen molar-refractivity contribution < 1.29 is 14.3 Å². The third-order valence-corrected chi connectivity index (χ3v) is 5.14. The third kappa shape index (κ3) is 4.86. The maximum Gasteiger partial charge on any atom is 0.258 e. The predicted octanol–water partition coefficient (Wildman–Crippen LogP) is 3.56. The summed E-state index contributed by atoms with van der Waals surface area (Å²) in [6.07, 6.45) is 2.91. The molecule has 152 valence electrons. The molecule has 1 unspecified atom stereocenters. The summed E-state index contributed by atoms with van der Waals surface area (Å²) in [5, 5.41) is 2.70. The minimum atomic E-state index is -0.194. The fraction of sp³-hybridized carbons (Fsp3) is 0.333. The maximum atomic E-state index is 12.7. The number of aryl methyl sites for hydroxylation is 1. The number of amides is 2. The summed E-state index contributed by atoms with van der Waals surface area (Å²) < 4.78 is 5.71. The van der Waals surface area contributed by atoms with Gasteiger partial charge in [0.15, 0.2) is 6.61 Å². The fourth-order valence-electron chi connectivity index (χ4n) is 3.74. The molecule has 0 saturated heterocycles. The van der Waals surface area contributed by atoms with Gasteiger partial charge in [0.2, 0.25) is 5.91 Å². The van der Waals surface area contributed by atoms with Crippen LogP contribution in [0.4, 0.5) is 0 Å². The van der Waals surface area contributed by atoms with Gasteiger partial charge in [-0.05, 0) is 42.2 Å². The number of hydrogen-bond acceptors (Lipinski definition) is 3. The Morgan fingerprint density at radius 2 is 2.10 bits per heavy atom. The minimum Gasteiger partial charge on any atom is -0.484 e. The van der Waals surface area contributed by atoms with Gasteiger partial charge in [-0.25, -0.2) is 0 Å². The van der Waals surface area contributed by atoms with Crippen LogP contribution in [0.15, 0.2) is 55.1 Å². The Bertz CT molecular complexity index is 907. The van der Waals surface area contributed by atoms with Crippen LogP contribution in [0, 0.1) is 6.92 Å². The second kappa shape index (κ2) is 9.41. The molecule has 0 bridgehead atoms. The van der Waals surface area contributed by atoms with Crippen molar-refractivity contribution in [1.29, 1.82) is 0 Å². The highest BCUT2D eigenvalue weighted by Gasteiger charge is 2.31. The molecule has 0 aliphatic carbocycles. The summed E-state index contributed by atoms with van der Waals surface area (Å²) in [5.74, 6) is 0.568. The molecule has 0 radical (unpaired) electrons. The van der Waals surface area contributed by atoms with Gasteiger partial charge in [0, 0.05) is 19.5 Å². The molecule has 0 aromatic heterocycles. The zero-order valence-corrected chi connectivity index (χ0v) is 17.1. The van der Waals surface area contributed by atoms with Crippen molar-refractivity contribution in [3.63, 3.8) is 0 Å². The molecule has 1 atom stereocenters. The number of nitrogens with zero attached hydrogens (tertiary/aromatic N) is 1. The monoisotopic (exact) mass is 392 g/mol. The fourth-order valence-corrected chi connectivity index (χ4v) is 3.74. The number of rotatable bonds is 7. The normalized spacial score (nSPS) is 15.4. The first-order valence-electron chi connectivity index (χ1n) is 10.0. The molecule has 1 aliphatic heterocycles. The Morgan fingerprint density at radius 1 is 1.28 bits per heavy atom. The minimum absolute atomic E-state index is 0.0562. The standard InChI is InChI=1S/C24H28N2O3/c1-4-12-25-22(27)16-29-20-10-9-18-11-13-26(23(28)5-2)24(21(18)15-20)19-8-6-7-17(3)14-19/h4,6-10,14-15,24H,1,5,11-13,16H2,2-3H3,(H,25,27). The summed E-state index contributed by atoms with van der Waals surface area (Å²) in [4.78, 5) is 26.5. The predicted molar refractivity (Wildman–Crippen MR) is 114 cm³/mol. The molecule has 1 heterocycles. The highest BCUT2D eigenvalue weighted by molar-refractivity contribution is 5.78. The number of benzene rings is 2. The van der Waals surface area contributed by atoms with Gasteiger partial charge < -0.3 is 15.0 Å². The lowest BCUT2D eigenvalue weighted by atomic mass is 9.87. The molecule has 2 aromatic carbocycles. The molecule has 2 amide bonds. The average Bonchev–Trinajstić information content (AvgIpc) is 2.74. The lowest BCUT2D eigenvalue weighted by Gasteiger charge is -2.38. The van der Waals surface area contributed by atoms with Crippen LogP contribution in [0.2, 0.25) is 0 Å². The van der Waals surface area contributed by atoms with E-state index in [1.165, 1.54) is 5.56 Å². The van der Waals surface area contributed by atoms with Crippen molar-refractivity contribution >= 4 is 11.8 Å². The van der Waals surface area contributed by atoms with Crippen LogP contribution in [-0.4, -0.2) is 36.4 Å². The summed E-state index contributed by atoms with van der Waals surface area (Å²) in [6.45, 7) is 8.59. The van der Waals surface area contributed by atoms with Gasteiger partial charge >= 0.3 is 0 Å². The van der Waals surface area contributed by atoms with Gasteiger partial charge in [0.1, 0.15) is 5.75 Å². The van der Waals surface area contributed by atoms with E-state index >= 15 is 0 Å². The van der Waals surface area contributed by atoms with E-state index < -0.39 is 0 Å². The molecule has 3 rings (SSSR count). The third-order valence-electron chi connectivity index (χ3n) is 5.14. The van der Waals surface area contributed by atoms with Crippen LogP contribution < -0.4 is 10.1 Å². The molecule has 2 aromatic rings. The van der Waals surface area contributed by atoms with Crippen LogP contribution in [0.25, 0.3) is 0 Å². The first kappa shape index (κ1) is 20.6. The Labute approximate surface area is 172 Å². The summed E-state index contributed by atoms with van der Waals surface area (Å²) in [6, 6.07) is 14.0. The van der Waals surface area contributed by atoms with E-state index in [2.05, 4.69) is 37.0 Å². The van der Waals surface area contributed by atoms with Crippen molar-refractivity contribution in [3.05, 3.63) is 77.4 Å². The van der Waals surface area contributed by atoms with Crippen LogP contribution in [0.3, 0.4) is 0 Å². The quantitative estimate of drug-likeness (QED) is 0.733. The van der Waals surface area contributed by atoms with Gasteiger partial charge in [0.25, 0.3) is 5.91 Å². The van der Waals surface area contributed by atoms with Gasteiger partial charge in [-0.3, -0.25) is 9.59 Å². The highest BCUT2D eigenvalue weighted by atomic mass is 16.5. The van der Waals surface area contributed by atoms with Gasteiger partial charge in [-0.1, -0.05) is 48.9 Å². The van der Waals surface area contributed by atoms with E-state index in [9.17, 15) is 9.59 Å². The SMILES string of the molecule is C=CCNC(=O)COc1ccc2c(c1)C(c1cccc(C)c1)N(C(=O)CC)CC2. The second-order valence-electron chi connectivity index (χ2n) is 7.25. The Balaban J connectivity index is 1.92. The molecule has 5 heteroatoms. The Morgan fingerprint density at radius 3 is 2.83 bits per heavy atom. The lowest BCUT2D eigenvalue weighted by molar-refractivity contribution is -0.133. The zero-order valence-electron chi connectivity index (χ0n) is 17.1. The zero-order chi connectivity index (χ0) is 20.8. The number of ether oxygens (including phenoxy) is 1. The number of hydrogen-bond donors (Lipinski definition) is 1. The van der Waals surface area contributed by atoms with Crippen molar-refractivity contribution in [2.75, 3.05) is 19.7 Å².